The van der Waals surface area contributed by atoms with Gasteiger partial charge in [0.25, 0.3) is 0 Å². The molecule has 6 nitrogen and oxygen atoms in total. The highest BCUT2D eigenvalue weighted by Gasteiger charge is 2.32. The van der Waals surface area contributed by atoms with Crippen LogP contribution in [0, 0.1) is 0 Å². The number of halogens is 1. The summed E-state index contributed by atoms with van der Waals surface area (Å²) in [5, 5.41) is 3.39. The molecule has 1 aliphatic heterocycles. The van der Waals surface area contributed by atoms with E-state index in [0.29, 0.717) is 18.2 Å². The summed E-state index contributed by atoms with van der Waals surface area (Å²) < 4.78 is 10.8. The zero-order valence-electron chi connectivity index (χ0n) is 14.9. The molecule has 26 heavy (non-hydrogen) atoms. The third-order valence-electron chi connectivity index (χ3n) is 4.54. The predicted molar refractivity (Wildman–Crippen MR) is 99.7 cm³/mol. The van der Waals surface area contributed by atoms with Gasteiger partial charge in [0.05, 0.1) is 20.3 Å². The topological polar surface area (TPSA) is 63.7 Å². The highest BCUT2D eigenvalue weighted by Crippen LogP contribution is 2.38. The maximum atomic E-state index is 12.7. The molecule has 138 valence electrons. The van der Waals surface area contributed by atoms with Gasteiger partial charge in [-0.2, -0.15) is 0 Å². The van der Waals surface area contributed by atoms with Crippen molar-refractivity contribution < 1.29 is 14.3 Å². The molecule has 0 radical (unpaired) electrons. The van der Waals surface area contributed by atoms with Gasteiger partial charge in [-0.3, -0.25) is 0 Å². The number of carbonyl (C=O) groups excluding carboxylic acids is 1. The van der Waals surface area contributed by atoms with Gasteiger partial charge in [0.15, 0.2) is 0 Å². The second-order valence-corrected chi connectivity index (χ2v) is 6.49. The summed E-state index contributed by atoms with van der Waals surface area (Å²) in [6.45, 7) is 1.11. The highest BCUT2D eigenvalue weighted by atomic mass is 35.5. The maximum absolute atomic E-state index is 12.7. The molecule has 1 aromatic heterocycles. The number of nitrogens with one attached hydrogen (secondary N) is 1. The van der Waals surface area contributed by atoms with Gasteiger partial charge in [0.1, 0.15) is 16.7 Å². The minimum Gasteiger partial charge on any atom is -0.497 e. The van der Waals surface area contributed by atoms with Crippen molar-refractivity contribution in [3.63, 3.8) is 0 Å². The van der Waals surface area contributed by atoms with Crippen LogP contribution in [0.3, 0.4) is 0 Å². The SMILES string of the molecule is COc1ccc(OC)c(C2CCCN2C(=O)NCc2ccc(Cl)nc2)c1. The predicted octanol–water partition coefficient (Wildman–Crippen LogP) is 3.80. The van der Waals surface area contributed by atoms with E-state index in [2.05, 4.69) is 10.3 Å². The van der Waals surface area contributed by atoms with Crippen molar-refractivity contribution >= 4 is 17.6 Å². The van der Waals surface area contributed by atoms with Gasteiger partial charge >= 0.3 is 6.03 Å². The molecule has 1 N–H and O–H groups in total. The van der Waals surface area contributed by atoms with Crippen molar-refractivity contribution in [3.8, 4) is 11.5 Å². The van der Waals surface area contributed by atoms with Crippen LogP contribution in [-0.4, -0.2) is 36.7 Å². The van der Waals surface area contributed by atoms with Gasteiger partial charge in [-0.05, 0) is 42.7 Å². The molecule has 0 aliphatic carbocycles. The molecule has 1 fully saturated rings. The molecule has 1 atom stereocenters. The smallest absolute Gasteiger partial charge is 0.318 e. The second-order valence-electron chi connectivity index (χ2n) is 6.11. The Hall–Kier alpha value is -2.47. The zero-order chi connectivity index (χ0) is 18.5. The number of urea groups is 1. The average Bonchev–Trinajstić information content (AvgIpc) is 3.16. The molecule has 1 saturated heterocycles. The third kappa shape index (κ3) is 4.02. The summed E-state index contributed by atoms with van der Waals surface area (Å²) in [6.07, 6.45) is 3.50. The van der Waals surface area contributed by atoms with E-state index in [4.69, 9.17) is 21.1 Å². The Morgan fingerprint density at radius 1 is 1.31 bits per heavy atom. The first-order valence-corrected chi connectivity index (χ1v) is 8.87. The Bertz CT molecular complexity index is 767. The van der Waals surface area contributed by atoms with E-state index in [9.17, 15) is 4.79 Å². The summed E-state index contributed by atoms with van der Waals surface area (Å²) in [5.74, 6) is 1.51. The molecule has 0 bridgehead atoms. The number of methoxy groups -OCH3 is 2. The van der Waals surface area contributed by atoms with Crippen LogP contribution in [0.1, 0.15) is 30.0 Å². The number of nitrogens with zero attached hydrogens (tertiary/aromatic N) is 2. The molecular formula is C19H22ClN3O3. The average molecular weight is 376 g/mol. The lowest BCUT2D eigenvalue weighted by atomic mass is 10.0. The second kappa shape index (κ2) is 8.27. The molecule has 7 heteroatoms. The quantitative estimate of drug-likeness (QED) is 0.807. The summed E-state index contributed by atoms with van der Waals surface area (Å²) in [4.78, 5) is 18.6. The first-order chi connectivity index (χ1) is 12.6. The summed E-state index contributed by atoms with van der Waals surface area (Å²) >= 11 is 5.79. The normalized spacial score (nSPS) is 16.4. The number of carbonyl (C=O) groups is 1. The zero-order valence-corrected chi connectivity index (χ0v) is 15.6. The first-order valence-electron chi connectivity index (χ1n) is 8.49. The molecule has 1 aliphatic rings. The fraction of sp³-hybridized carbons (Fsp3) is 0.368. The largest absolute Gasteiger partial charge is 0.497 e. The summed E-state index contributed by atoms with van der Waals surface area (Å²) in [5.41, 5.74) is 1.87. The standard InChI is InChI=1S/C19H22ClN3O3/c1-25-14-6-7-17(26-2)15(10-14)16-4-3-9-23(16)19(24)22-12-13-5-8-18(20)21-11-13/h5-8,10-11,16H,3-4,9,12H2,1-2H3,(H,22,24). The summed E-state index contributed by atoms with van der Waals surface area (Å²) in [7, 11) is 3.27. The molecule has 1 unspecified atom stereocenters. The van der Waals surface area contributed by atoms with Crippen LogP contribution >= 0.6 is 11.6 Å². The number of hydrogen-bond donors (Lipinski definition) is 1. The van der Waals surface area contributed by atoms with E-state index in [1.165, 1.54) is 0 Å². The Balaban J connectivity index is 1.73. The van der Waals surface area contributed by atoms with Gasteiger partial charge in [0, 0.05) is 24.8 Å². The number of pyridine rings is 1. The van der Waals surface area contributed by atoms with Crippen LogP contribution in [0.4, 0.5) is 4.79 Å². The lowest BCUT2D eigenvalue weighted by Crippen LogP contribution is -2.39. The van der Waals surface area contributed by atoms with Crippen molar-refractivity contribution in [1.29, 1.82) is 0 Å². The van der Waals surface area contributed by atoms with E-state index < -0.39 is 0 Å². The fourth-order valence-corrected chi connectivity index (χ4v) is 3.33. The summed E-state index contributed by atoms with van der Waals surface area (Å²) in [6, 6.07) is 9.09. The molecule has 0 saturated carbocycles. The molecule has 2 amide bonds. The van der Waals surface area contributed by atoms with Crippen LogP contribution in [0.2, 0.25) is 5.15 Å². The van der Waals surface area contributed by atoms with E-state index in [0.717, 1.165) is 35.5 Å². The third-order valence-corrected chi connectivity index (χ3v) is 4.77. The Kier molecular flexibility index (Phi) is 5.83. The van der Waals surface area contributed by atoms with E-state index >= 15 is 0 Å². The van der Waals surface area contributed by atoms with Crippen molar-refractivity contribution in [3.05, 3.63) is 52.8 Å². The van der Waals surface area contributed by atoms with E-state index in [1.807, 2.05) is 29.2 Å². The highest BCUT2D eigenvalue weighted by molar-refractivity contribution is 6.29. The number of ether oxygens (including phenoxy) is 2. The first kappa shape index (κ1) is 18.3. The Labute approximate surface area is 158 Å². The minimum atomic E-state index is -0.104. The maximum Gasteiger partial charge on any atom is 0.318 e. The van der Waals surface area contributed by atoms with Crippen molar-refractivity contribution in [2.75, 3.05) is 20.8 Å². The van der Waals surface area contributed by atoms with Crippen LogP contribution in [0.15, 0.2) is 36.5 Å². The van der Waals surface area contributed by atoms with Crippen LogP contribution < -0.4 is 14.8 Å². The van der Waals surface area contributed by atoms with Crippen molar-refractivity contribution in [2.24, 2.45) is 0 Å². The fourth-order valence-electron chi connectivity index (χ4n) is 3.22. The minimum absolute atomic E-state index is 0.0385. The lowest BCUT2D eigenvalue weighted by molar-refractivity contribution is 0.191. The molecule has 3 rings (SSSR count). The molecular weight excluding hydrogens is 354 g/mol. The molecule has 0 spiro atoms. The van der Waals surface area contributed by atoms with Crippen LogP contribution in [0.5, 0.6) is 11.5 Å². The number of benzene rings is 1. The molecule has 2 aromatic rings. The Morgan fingerprint density at radius 2 is 2.15 bits per heavy atom. The van der Waals surface area contributed by atoms with Crippen molar-refractivity contribution in [2.45, 2.75) is 25.4 Å². The lowest BCUT2D eigenvalue weighted by Gasteiger charge is -2.27. The van der Waals surface area contributed by atoms with Gasteiger partial charge < -0.3 is 19.7 Å². The van der Waals surface area contributed by atoms with Gasteiger partial charge in [-0.25, -0.2) is 9.78 Å². The van der Waals surface area contributed by atoms with Gasteiger partial charge in [-0.15, -0.1) is 0 Å². The van der Waals surface area contributed by atoms with E-state index in [-0.39, 0.29) is 12.1 Å². The number of aromatic nitrogens is 1. The van der Waals surface area contributed by atoms with Crippen LogP contribution in [-0.2, 0) is 6.54 Å². The number of likely N-dealkylation sites (tertiary alicyclic amines) is 1. The van der Waals surface area contributed by atoms with Crippen molar-refractivity contribution in [1.82, 2.24) is 15.2 Å². The van der Waals surface area contributed by atoms with Crippen LogP contribution in [0.25, 0.3) is 0 Å². The molecule has 1 aromatic carbocycles. The number of hydrogen-bond acceptors (Lipinski definition) is 4. The van der Waals surface area contributed by atoms with Gasteiger partial charge in [0.2, 0.25) is 0 Å². The Morgan fingerprint density at radius 3 is 2.85 bits per heavy atom. The molecule has 2 heterocycles. The van der Waals surface area contributed by atoms with E-state index in [1.54, 1.807) is 26.5 Å². The number of amides is 2. The number of rotatable bonds is 5. The monoisotopic (exact) mass is 375 g/mol. The van der Waals surface area contributed by atoms with Gasteiger partial charge in [-0.1, -0.05) is 17.7 Å².